The summed E-state index contributed by atoms with van der Waals surface area (Å²) in [6.45, 7) is 8.93. The minimum atomic E-state index is 0.0564. The van der Waals surface area contributed by atoms with E-state index in [2.05, 4.69) is 15.3 Å². The molecule has 3 aromatic rings. The summed E-state index contributed by atoms with van der Waals surface area (Å²) in [5.41, 5.74) is 1.65. The molecule has 0 saturated carbocycles. The molecule has 1 heterocycles. The predicted molar refractivity (Wildman–Crippen MR) is 120 cm³/mol. The molecule has 0 amide bonds. The zero-order valence-electron chi connectivity index (χ0n) is 17.6. The van der Waals surface area contributed by atoms with Crippen LogP contribution in [0.4, 0.5) is 0 Å². The van der Waals surface area contributed by atoms with Crippen molar-refractivity contribution in [1.82, 2.24) is 14.9 Å². The van der Waals surface area contributed by atoms with Gasteiger partial charge < -0.3 is 14.2 Å². The molecule has 0 fully saturated rings. The number of aromatic nitrogens is 3. The lowest BCUT2D eigenvalue weighted by Crippen LogP contribution is -2.07. The van der Waals surface area contributed by atoms with Gasteiger partial charge in [-0.2, -0.15) is 14.9 Å². The number of para-hydroxylation sites is 1. The van der Waals surface area contributed by atoms with Crippen LogP contribution in [0.3, 0.4) is 0 Å². The first-order valence-electron chi connectivity index (χ1n) is 9.91. The Kier molecular flexibility index (Phi) is 7.24. The van der Waals surface area contributed by atoms with Crippen molar-refractivity contribution >= 4 is 18.4 Å². The molecule has 2 aromatic carbocycles. The number of H-pyrrole nitrogens is 1. The Balaban J connectivity index is 1.95. The molecule has 0 aliphatic rings. The molecule has 3 rings (SSSR count). The van der Waals surface area contributed by atoms with Gasteiger partial charge >= 0.3 is 0 Å². The second-order valence-corrected chi connectivity index (χ2v) is 7.03. The largest absolute Gasteiger partial charge is 0.493 e. The van der Waals surface area contributed by atoms with Crippen molar-refractivity contribution in [3.63, 3.8) is 0 Å². The van der Waals surface area contributed by atoms with Crippen LogP contribution in [0, 0.1) is 4.77 Å². The number of aromatic amines is 1. The third kappa shape index (κ3) is 5.07. The van der Waals surface area contributed by atoms with Gasteiger partial charge in [0, 0.05) is 0 Å². The molecular weight excluding hydrogens is 400 g/mol. The van der Waals surface area contributed by atoms with Gasteiger partial charge in [0.25, 0.3) is 0 Å². The molecule has 0 radical (unpaired) electrons. The molecule has 0 saturated heterocycles. The molecule has 8 heteroatoms. The predicted octanol–water partition coefficient (Wildman–Crippen LogP) is 5.07. The summed E-state index contributed by atoms with van der Waals surface area (Å²) in [6.07, 6.45) is 1.76. The number of nitrogens with one attached hydrogen (secondary N) is 1. The molecule has 0 aliphatic heterocycles. The van der Waals surface area contributed by atoms with Gasteiger partial charge in [-0.1, -0.05) is 12.1 Å². The van der Waals surface area contributed by atoms with Gasteiger partial charge in [0.15, 0.2) is 17.3 Å². The third-order valence-electron chi connectivity index (χ3n) is 4.03. The molecule has 7 nitrogen and oxygen atoms in total. The van der Waals surface area contributed by atoms with E-state index in [1.54, 1.807) is 10.9 Å². The first-order chi connectivity index (χ1) is 14.5. The van der Waals surface area contributed by atoms with E-state index in [1.807, 2.05) is 70.2 Å². The standard InChI is InChI=1S/C22H26N4O3S/c1-5-27-18-10-8-7-9-17(18)21-24-25-22(30)26(21)23-14-16-11-12-19(29-15(3)4)20(13-16)28-6-2/h7-15H,5-6H2,1-4H3,(H,25,30)/b23-14-. The quantitative estimate of drug-likeness (QED) is 0.382. The second kappa shape index (κ2) is 10.1. The van der Waals surface area contributed by atoms with Crippen LogP contribution in [0.2, 0.25) is 0 Å². The van der Waals surface area contributed by atoms with Crippen molar-refractivity contribution in [2.24, 2.45) is 5.10 Å². The molecule has 158 valence electrons. The Morgan fingerprint density at radius 2 is 1.80 bits per heavy atom. The highest BCUT2D eigenvalue weighted by Crippen LogP contribution is 2.30. The number of ether oxygens (including phenoxy) is 3. The van der Waals surface area contributed by atoms with Crippen LogP contribution >= 0.6 is 12.2 Å². The van der Waals surface area contributed by atoms with E-state index in [9.17, 15) is 0 Å². The van der Waals surface area contributed by atoms with Crippen LogP contribution in [-0.2, 0) is 0 Å². The summed E-state index contributed by atoms with van der Waals surface area (Å²) < 4.78 is 19.2. The Bertz CT molecular complexity index is 1070. The van der Waals surface area contributed by atoms with Gasteiger partial charge in [0.1, 0.15) is 5.75 Å². The van der Waals surface area contributed by atoms with E-state index in [0.717, 1.165) is 16.9 Å². The van der Waals surface area contributed by atoms with Crippen molar-refractivity contribution in [3.05, 3.63) is 52.8 Å². The van der Waals surface area contributed by atoms with E-state index in [1.165, 1.54) is 0 Å². The molecule has 0 aliphatic carbocycles. The number of nitrogens with zero attached hydrogens (tertiary/aromatic N) is 3. The van der Waals surface area contributed by atoms with E-state index in [-0.39, 0.29) is 6.10 Å². The minimum Gasteiger partial charge on any atom is -0.493 e. The van der Waals surface area contributed by atoms with Gasteiger partial charge in [-0.3, -0.25) is 0 Å². The summed E-state index contributed by atoms with van der Waals surface area (Å²) >= 11 is 5.38. The van der Waals surface area contributed by atoms with E-state index < -0.39 is 0 Å². The van der Waals surface area contributed by atoms with Gasteiger partial charge in [-0.25, -0.2) is 5.10 Å². The fourth-order valence-electron chi connectivity index (χ4n) is 2.85. The SMILES string of the molecule is CCOc1cc(/C=N\n2c(-c3ccccc3OCC)n[nH]c2=S)ccc1OC(C)C. The molecule has 1 N–H and O–H groups in total. The molecule has 0 atom stereocenters. The van der Waals surface area contributed by atoms with Crippen molar-refractivity contribution in [2.75, 3.05) is 13.2 Å². The Morgan fingerprint density at radius 1 is 1.07 bits per heavy atom. The van der Waals surface area contributed by atoms with Crippen LogP contribution in [0.15, 0.2) is 47.6 Å². The average Bonchev–Trinajstić information content (AvgIpc) is 3.09. The summed E-state index contributed by atoms with van der Waals surface area (Å²) in [7, 11) is 0. The molecule has 0 unspecified atom stereocenters. The smallest absolute Gasteiger partial charge is 0.216 e. The van der Waals surface area contributed by atoms with E-state index in [4.69, 9.17) is 26.4 Å². The zero-order valence-corrected chi connectivity index (χ0v) is 18.4. The highest BCUT2D eigenvalue weighted by Gasteiger charge is 2.13. The van der Waals surface area contributed by atoms with Crippen LogP contribution in [0.1, 0.15) is 33.3 Å². The fourth-order valence-corrected chi connectivity index (χ4v) is 3.03. The lowest BCUT2D eigenvalue weighted by molar-refractivity contribution is 0.224. The minimum absolute atomic E-state index is 0.0564. The zero-order chi connectivity index (χ0) is 21.5. The maximum absolute atomic E-state index is 5.82. The fraction of sp³-hybridized carbons (Fsp3) is 0.318. The first-order valence-corrected chi connectivity index (χ1v) is 10.3. The summed E-state index contributed by atoms with van der Waals surface area (Å²) in [5, 5.41) is 11.7. The average molecular weight is 427 g/mol. The lowest BCUT2D eigenvalue weighted by atomic mass is 10.2. The van der Waals surface area contributed by atoms with Crippen molar-refractivity contribution < 1.29 is 14.2 Å². The highest BCUT2D eigenvalue weighted by molar-refractivity contribution is 7.71. The van der Waals surface area contributed by atoms with E-state index in [0.29, 0.717) is 35.3 Å². The summed E-state index contributed by atoms with van der Waals surface area (Å²) in [5.74, 6) is 2.67. The van der Waals surface area contributed by atoms with Crippen LogP contribution in [-0.4, -0.2) is 40.4 Å². The first kappa shape index (κ1) is 21.6. The van der Waals surface area contributed by atoms with Crippen LogP contribution in [0.25, 0.3) is 11.4 Å². The normalized spacial score (nSPS) is 11.2. The molecule has 0 bridgehead atoms. The second-order valence-electron chi connectivity index (χ2n) is 6.64. The monoisotopic (exact) mass is 426 g/mol. The van der Waals surface area contributed by atoms with E-state index >= 15 is 0 Å². The number of hydrogen-bond donors (Lipinski definition) is 1. The molecule has 30 heavy (non-hydrogen) atoms. The summed E-state index contributed by atoms with van der Waals surface area (Å²) in [6, 6.07) is 13.3. The van der Waals surface area contributed by atoms with Gasteiger partial charge in [-0.15, -0.1) is 0 Å². The number of rotatable bonds is 9. The van der Waals surface area contributed by atoms with Crippen molar-refractivity contribution in [3.8, 4) is 28.6 Å². The number of hydrogen-bond acceptors (Lipinski definition) is 6. The molecule has 0 spiro atoms. The molecular formula is C22H26N4O3S. The molecule has 1 aromatic heterocycles. The Labute approximate surface area is 181 Å². The Hall–Kier alpha value is -3.13. The Morgan fingerprint density at radius 3 is 2.53 bits per heavy atom. The number of benzene rings is 2. The lowest BCUT2D eigenvalue weighted by Gasteiger charge is -2.14. The third-order valence-corrected chi connectivity index (χ3v) is 4.30. The summed E-state index contributed by atoms with van der Waals surface area (Å²) in [4.78, 5) is 0. The highest BCUT2D eigenvalue weighted by atomic mass is 32.1. The maximum Gasteiger partial charge on any atom is 0.216 e. The van der Waals surface area contributed by atoms with Crippen molar-refractivity contribution in [2.45, 2.75) is 33.8 Å². The van der Waals surface area contributed by atoms with Gasteiger partial charge in [0.2, 0.25) is 4.77 Å². The van der Waals surface area contributed by atoms with Gasteiger partial charge in [-0.05, 0) is 75.8 Å². The topological polar surface area (TPSA) is 73.7 Å². The van der Waals surface area contributed by atoms with Crippen LogP contribution in [0.5, 0.6) is 17.2 Å². The van der Waals surface area contributed by atoms with Crippen molar-refractivity contribution in [1.29, 1.82) is 0 Å². The maximum atomic E-state index is 5.82. The van der Waals surface area contributed by atoms with Crippen LogP contribution < -0.4 is 14.2 Å². The van der Waals surface area contributed by atoms with Gasteiger partial charge in [0.05, 0.1) is 31.1 Å².